The number of hydrogen-bond acceptors (Lipinski definition) is 5. The van der Waals surface area contributed by atoms with Crippen LogP contribution >= 0.6 is 12.2 Å². The number of nitrogens with zero attached hydrogens (tertiary/aromatic N) is 4. The molecule has 38 heavy (non-hydrogen) atoms. The van der Waals surface area contributed by atoms with Gasteiger partial charge in [0.15, 0.2) is 16.7 Å². The van der Waals surface area contributed by atoms with Crippen LogP contribution in [0.5, 0.6) is 5.75 Å². The molecule has 1 saturated heterocycles. The molecule has 0 N–H and O–H groups in total. The van der Waals surface area contributed by atoms with E-state index in [2.05, 4.69) is 4.98 Å². The van der Waals surface area contributed by atoms with Crippen LogP contribution in [0.15, 0.2) is 60.9 Å². The minimum Gasteiger partial charge on any atom is -0.490 e. The zero-order valence-electron chi connectivity index (χ0n) is 20.4. The van der Waals surface area contributed by atoms with Gasteiger partial charge in [-0.15, -0.1) is 0 Å². The first-order chi connectivity index (χ1) is 17.9. The van der Waals surface area contributed by atoms with Crippen molar-refractivity contribution >= 4 is 28.9 Å². The Morgan fingerprint density at radius 2 is 1.79 bits per heavy atom. The van der Waals surface area contributed by atoms with E-state index in [1.165, 1.54) is 24.3 Å². The van der Waals surface area contributed by atoms with E-state index in [1.807, 2.05) is 0 Å². The molecule has 1 amide bonds. The van der Waals surface area contributed by atoms with Gasteiger partial charge in [0.2, 0.25) is 0 Å². The summed E-state index contributed by atoms with van der Waals surface area (Å²) in [4.78, 5) is 19.8. The molecule has 1 aliphatic rings. The van der Waals surface area contributed by atoms with Crippen LogP contribution in [-0.2, 0) is 11.0 Å². The van der Waals surface area contributed by atoms with Gasteiger partial charge in [-0.2, -0.15) is 18.4 Å². The number of carbonyl (C=O) groups is 1. The molecule has 0 spiro atoms. The van der Waals surface area contributed by atoms with Crippen LogP contribution in [0.3, 0.4) is 0 Å². The number of halogens is 4. The summed E-state index contributed by atoms with van der Waals surface area (Å²) < 4.78 is 60.6. The van der Waals surface area contributed by atoms with E-state index in [9.17, 15) is 22.4 Å². The van der Waals surface area contributed by atoms with Crippen LogP contribution in [-0.4, -0.2) is 39.6 Å². The highest BCUT2D eigenvalue weighted by molar-refractivity contribution is 7.80. The van der Waals surface area contributed by atoms with Gasteiger partial charge < -0.3 is 9.64 Å². The Morgan fingerprint density at radius 1 is 1.08 bits per heavy atom. The smallest absolute Gasteiger partial charge is 0.417 e. The topological polar surface area (TPSA) is 69.5 Å². The predicted molar refractivity (Wildman–Crippen MR) is 137 cm³/mol. The van der Waals surface area contributed by atoms with Crippen molar-refractivity contribution in [3.63, 3.8) is 0 Å². The second kappa shape index (κ2) is 10.4. The maximum atomic E-state index is 14.6. The molecule has 1 aliphatic heterocycles. The Morgan fingerprint density at radius 3 is 2.42 bits per heavy atom. The van der Waals surface area contributed by atoms with Crippen molar-refractivity contribution in [2.45, 2.75) is 32.0 Å². The molecule has 11 heteroatoms. The standard InChI is InChI=1S/C27H22F4N4O2S/c1-26(2)24(36)35(20-6-4-19(16-32)21(15-20)27(29,30)31)25(38)34(26)12-3-13-37-23-7-5-18(14-22(23)28)17-8-10-33-11-9-17/h4-11,14-15H,3,12-13H2,1-2H3. The summed E-state index contributed by atoms with van der Waals surface area (Å²) >= 11 is 5.47. The largest absolute Gasteiger partial charge is 0.490 e. The van der Waals surface area contributed by atoms with Gasteiger partial charge in [0.05, 0.1) is 29.5 Å². The zero-order valence-corrected chi connectivity index (χ0v) is 21.2. The fraction of sp³-hybridized carbons (Fsp3) is 0.259. The van der Waals surface area contributed by atoms with E-state index in [0.717, 1.165) is 22.6 Å². The minimum absolute atomic E-state index is 0.0331. The zero-order chi connectivity index (χ0) is 27.7. The van der Waals surface area contributed by atoms with Crippen LogP contribution in [0.4, 0.5) is 23.2 Å². The number of ether oxygens (including phenoxy) is 1. The van der Waals surface area contributed by atoms with Gasteiger partial charge >= 0.3 is 6.18 Å². The molecule has 0 atom stereocenters. The Bertz CT molecular complexity index is 1420. The van der Waals surface area contributed by atoms with Crippen molar-refractivity contribution in [1.82, 2.24) is 9.88 Å². The van der Waals surface area contributed by atoms with Crippen molar-refractivity contribution in [2.24, 2.45) is 0 Å². The van der Waals surface area contributed by atoms with E-state index in [4.69, 9.17) is 22.2 Å². The lowest BCUT2D eigenvalue weighted by atomic mass is 10.0. The fourth-order valence-electron chi connectivity index (χ4n) is 4.19. The molecule has 196 valence electrons. The van der Waals surface area contributed by atoms with Gasteiger partial charge in [-0.3, -0.25) is 14.7 Å². The molecule has 0 saturated carbocycles. The van der Waals surface area contributed by atoms with Crippen molar-refractivity contribution in [1.29, 1.82) is 5.26 Å². The molecule has 0 radical (unpaired) electrons. The van der Waals surface area contributed by atoms with Crippen molar-refractivity contribution in [2.75, 3.05) is 18.1 Å². The molecule has 2 heterocycles. The molecule has 0 unspecified atom stereocenters. The third kappa shape index (κ3) is 5.17. The fourth-order valence-corrected chi connectivity index (χ4v) is 4.70. The van der Waals surface area contributed by atoms with Gasteiger partial charge in [-0.05, 0) is 86.1 Å². The molecule has 0 aliphatic carbocycles. The first kappa shape index (κ1) is 27.0. The summed E-state index contributed by atoms with van der Waals surface area (Å²) in [6.45, 7) is 3.60. The number of carbonyl (C=O) groups excluding carboxylic acids is 1. The van der Waals surface area contributed by atoms with E-state index in [-0.39, 0.29) is 29.7 Å². The van der Waals surface area contributed by atoms with E-state index in [0.29, 0.717) is 12.0 Å². The van der Waals surface area contributed by atoms with Crippen LogP contribution in [0.25, 0.3) is 11.1 Å². The van der Waals surface area contributed by atoms with Gasteiger partial charge in [0.25, 0.3) is 5.91 Å². The number of pyridine rings is 1. The SMILES string of the molecule is CC1(C)C(=O)N(c2ccc(C#N)c(C(F)(F)F)c2)C(=S)N1CCCOc1ccc(-c2ccncc2)cc1F. The molecule has 0 bridgehead atoms. The monoisotopic (exact) mass is 542 g/mol. The first-order valence-electron chi connectivity index (χ1n) is 11.6. The number of aromatic nitrogens is 1. The highest BCUT2D eigenvalue weighted by Gasteiger charge is 2.49. The van der Waals surface area contributed by atoms with Crippen LogP contribution in [0, 0.1) is 17.1 Å². The summed E-state index contributed by atoms with van der Waals surface area (Å²) in [6.07, 6.45) is -1.18. The normalized spacial score (nSPS) is 15.1. The summed E-state index contributed by atoms with van der Waals surface area (Å²) in [7, 11) is 0. The molecule has 1 fully saturated rings. The van der Waals surface area contributed by atoms with E-state index in [1.54, 1.807) is 49.3 Å². The van der Waals surface area contributed by atoms with Crippen molar-refractivity contribution in [3.8, 4) is 22.9 Å². The summed E-state index contributed by atoms with van der Waals surface area (Å²) in [5.74, 6) is -0.959. The Balaban J connectivity index is 1.44. The Labute approximate surface area is 222 Å². The number of benzene rings is 2. The highest BCUT2D eigenvalue weighted by Crippen LogP contribution is 2.38. The molecule has 6 nitrogen and oxygen atoms in total. The number of hydrogen-bond donors (Lipinski definition) is 0. The summed E-state index contributed by atoms with van der Waals surface area (Å²) in [6, 6.07) is 12.7. The Kier molecular flexibility index (Phi) is 7.37. The number of amides is 1. The number of thiocarbonyl (C=S) groups is 1. The second-order valence-corrected chi connectivity index (χ2v) is 9.42. The lowest BCUT2D eigenvalue weighted by Gasteiger charge is -2.29. The average molecular weight is 543 g/mol. The third-order valence-electron chi connectivity index (χ3n) is 6.24. The quantitative estimate of drug-likeness (QED) is 0.209. The Hall–Kier alpha value is -4.04. The number of rotatable bonds is 7. The molecule has 1 aromatic heterocycles. The first-order valence-corrected chi connectivity index (χ1v) is 12.0. The molecular formula is C27H22F4N4O2S. The second-order valence-electron chi connectivity index (χ2n) is 9.06. The van der Waals surface area contributed by atoms with Crippen LogP contribution in [0.1, 0.15) is 31.4 Å². The van der Waals surface area contributed by atoms with Crippen molar-refractivity contribution < 1.29 is 27.1 Å². The maximum absolute atomic E-state index is 14.6. The molecular weight excluding hydrogens is 520 g/mol. The number of alkyl halides is 3. The van der Waals surface area contributed by atoms with Crippen LogP contribution < -0.4 is 9.64 Å². The maximum Gasteiger partial charge on any atom is 0.417 e. The lowest BCUT2D eigenvalue weighted by Crippen LogP contribution is -2.44. The van der Waals surface area contributed by atoms with Gasteiger partial charge in [0, 0.05) is 18.9 Å². The number of anilines is 1. The summed E-state index contributed by atoms with van der Waals surface area (Å²) in [5, 5.41) is 9.08. The number of nitriles is 1. The van der Waals surface area contributed by atoms with Gasteiger partial charge in [0.1, 0.15) is 5.54 Å². The van der Waals surface area contributed by atoms with Gasteiger partial charge in [-0.25, -0.2) is 4.39 Å². The molecule has 4 rings (SSSR count). The van der Waals surface area contributed by atoms with E-state index < -0.39 is 34.6 Å². The average Bonchev–Trinajstić information content (AvgIpc) is 3.05. The van der Waals surface area contributed by atoms with Gasteiger partial charge in [-0.1, -0.05) is 6.07 Å². The molecule has 3 aromatic rings. The highest BCUT2D eigenvalue weighted by atomic mass is 32.1. The molecule has 2 aromatic carbocycles. The minimum atomic E-state index is -4.77. The van der Waals surface area contributed by atoms with E-state index >= 15 is 0 Å². The predicted octanol–water partition coefficient (Wildman–Crippen LogP) is 5.96. The van der Waals surface area contributed by atoms with Crippen molar-refractivity contribution in [3.05, 3.63) is 77.9 Å². The summed E-state index contributed by atoms with van der Waals surface area (Å²) in [5.41, 5.74) is -1.41. The third-order valence-corrected chi connectivity index (χ3v) is 6.64. The lowest BCUT2D eigenvalue weighted by molar-refractivity contribution is -0.137. The van der Waals surface area contributed by atoms with Crippen LogP contribution in [0.2, 0.25) is 0 Å².